The van der Waals surface area contributed by atoms with Crippen molar-refractivity contribution in [1.29, 1.82) is 0 Å². The van der Waals surface area contributed by atoms with Gasteiger partial charge in [-0.05, 0) is 5.53 Å². The van der Waals surface area contributed by atoms with Crippen LogP contribution in [0.5, 0.6) is 0 Å². The molecule has 110 valence electrons. The van der Waals surface area contributed by atoms with Gasteiger partial charge in [-0.3, -0.25) is 4.57 Å². The Labute approximate surface area is 117 Å². The van der Waals surface area contributed by atoms with E-state index in [1.807, 2.05) is 0 Å². The molecule has 11 heteroatoms. The molecule has 0 aliphatic carbocycles. The van der Waals surface area contributed by atoms with Gasteiger partial charge in [0.25, 0.3) is 0 Å². The Morgan fingerprint density at radius 3 is 3.00 bits per heavy atom. The summed E-state index contributed by atoms with van der Waals surface area (Å²) < 4.78 is 7.00. The van der Waals surface area contributed by atoms with Crippen LogP contribution in [-0.2, 0) is 4.74 Å². The Bertz CT molecular complexity index is 711. The number of fused-ring (bicyclic) bond motifs is 1. The third-order valence-electron chi connectivity index (χ3n) is 3.36. The molecular weight excluding hydrogens is 280 g/mol. The number of rotatable bonds is 3. The molecule has 0 spiro atoms. The highest BCUT2D eigenvalue weighted by molar-refractivity contribution is 5.81. The van der Waals surface area contributed by atoms with Gasteiger partial charge in [-0.1, -0.05) is 5.11 Å². The SMILES string of the molecule is [N-]=[N+]=N[C@H]1C(O)[C@H](n2cnc3c(N)ncnc32)O[C@@H]1CO. The van der Waals surface area contributed by atoms with Gasteiger partial charge in [0, 0.05) is 4.91 Å². The largest absolute Gasteiger partial charge is 0.394 e. The number of aliphatic hydroxyl groups is 2. The number of ether oxygens (including phenoxy) is 1. The van der Waals surface area contributed by atoms with Crippen LogP contribution in [0, 0.1) is 0 Å². The number of nitrogen functional groups attached to an aromatic ring is 1. The van der Waals surface area contributed by atoms with Crippen LogP contribution in [0.15, 0.2) is 17.8 Å². The van der Waals surface area contributed by atoms with E-state index in [9.17, 15) is 10.2 Å². The summed E-state index contributed by atoms with van der Waals surface area (Å²) in [5.41, 5.74) is 15.0. The molecule has 1 aliphatic rings. The lowest BCUT2D eigenvalue weighted by Gasteiger charge is -2.16. The highest BCUT2D eigenvalue weighted by atomic mass is 16.5. The fourth-order valence-corrected chi connectivity index (χ4v) is 2.37. The number of nitrogens with zero attached hydrogens (tertiary/aromatic N) is 7. The van der Waals surface area contributed by atoms with Crippen LogP contribution in [0.2, 0.25) is 0 Å². The maximum Gasteiger partial charge on any atom is 0.167 e. The van der Waals surface area contributed by atoms with Gasteiger partial charge < -0.3 is 20.7 Å². The number of hydrogen-bond donors (Lipinski definition) is 3. The molecule has 2 aromatic heterocycles. The Hall–Kier alpha value is -2.46. The summed E-state index contributed by atoms with van der Waals surface area (Å²) >= 11 is 0. The summed E-state index contributed by atoms with van der Waals surface area (Å²) in [6.45, 7) is -0.388. The molecule has 1 fully saturated rings. The normalized spacial score (nSPS) is 28.7. The monoisotopic (exact) mass is 292 g/mol. The van der Waals surface area contributed by atoms with E-state index < -0.39 is 24.5 Å². The quantitative estimate of drug-likeness (QED) is 0.383. The van der Waals surface area contributed by atoms with E-state index in [4.69, 9.17) is 16.0 Å². The molecule has 3 rings (SSSR count). The molecule has 0 bridgehead atoms. The molecule has 1 aliphatic heterocycles. The second kappa shape index (κ2) is 5.14. The van der Waals surface area contributed by atoms with E-state index in [0.717, 1.165) is 0 Å². The van der Waals surface area contributed by atoms with Crippen molar-refractivity contribution >= 4 is 17.0 Å². The van der Waals surface area contributed by atoms with Crippen LogP contribution in [0.1, 0.15) is 6.23 Å². The highest BCUT2D eigenvalue weighted by Gasteiger charge is 2.44. The molecule has 0 aromatic carbocycles. The molecule has 21 heavy (non-hydrogen) atoms. The molecule has 1 unspecified atom stereocenters. The van der Waals surface area contributed by atoms with E-state index in [0.29, 0.717) is 11.2 Å². The van der Waals surface area contributed by atoms with Gasteiger partial charge in [-0.25, -0.2) is 15.0 Å². The van der Waals surface area contributed by atoms with Crippen LogP contribution in [0.3, 0.4) is 0 Å². The fraction of sp³-hybridized carbons (Fsp3) is 0.500. The number of aliphatic hydroxyl groups excluding tert-OH is 2. The predicted octanol–water partition coefficient (Wildman–Crippen LogP) is -0.662. The van der Waals surface area contributed by atoms with Crippen molar-refractivity contribution in [3.8, 4) is 0 Å². The summed E-state index contributed by atoms with van der Waals surface area (Å²) in [6.07, 6.45) is -0.177. The second-order valence-electron chi connectivity index (χ2n) is 4.52. The smallest absolute Gasteiger partial charge is 0.167 e. The van der Waals surface area contributed by atoms with Crippen molar-refractivity contribution in [1.82, 2.24) is 19.5 Å². The number of anilines is 1. The van der Waals surface area contributed by atoms with Crippen molar-refractivity contribution in [2.75, 3.05) is 12.3 Å². The summed E-state index contributed by atoms with van der Waals surface area (Å²) in [7, 11) is 0. The minimum atomic E-state index is -1.15. The zero-order valence-corrected chi connectivity index (χ0v) is 10.7. The maximum atomic E-state index is 10.3. The van der Waals surface area contributed by atoms with Gasteiger partial charge in [-0.2, -0.15) is 0 Å². The van der Waals surface area contributed by atoms with Crippen molar-refractivity contribution in [2.45, 2.75) is 24.5 Å². The Morgan fingerprint density at radius 2 is 2.29 bits per heavy atom. The van der Waals surface area contributed by atoms with E-state index in [2.05, 4.69) is 25.0 Å². The number of imidazole rings is 1. The van der Waals surface area contributed by atoms with Crippen molar-refractivity contribution in [2.24, 2.45) is 5.11 Å². The first-order valence-corrected chi connectivity index (χ1v) is 6.09. The third kappa shape index (κ3) is 2.04. The lowest BCUT2D eigenvalue weighted by atomic mass is 10.1. The van der Waals surface area contributed by atoms with Crippen LogP contribution in [0.25, 0.3) is 21.6 Å². The molecule has 1 saturated heterocycles. The topological polar surface area (TPSA) is 168 Å². The lowest BCUT2D eigenvalue weighted by Crippen LogP contribution is -2.31. The van der Waals surface area contributed by atoms with Crippen LogP contribution in [-0.4, -0.2) is 54.6 Å². The Balaban J connectivity index is 2.03. The van der Waals surface area contributed by atoms with Crippen LogP contribution in [0.4, 0.5) is 5.82 Å². The van der Waals surface area contributed by atoms with E-state index >= 15 is 0 Å². The molecule has 4 N–H and O–H groups in total. The maximum absolute atomic E-state index is 10.3. The molecule has 2 aromatic rings. The van der Waals surface area contributed by atoms with Gasteiger partial charge in [0.05, 0.1) is 25.1 Å². The minimum absolute atomic E-state index is 0.205. The summed E-state index contributed by atoms with van der Waals surface area (Å²) in [6, 6.07) is -0.901. The zero-order chi connectivity index (χ0) is 15.0. The lowest BCUT2D eigenvalue weighted by molar-refractivity contribution is -0.0488. The van der Waals surface area contributed by atoms with Crippen molar-refractivity contribution in [3.05, 3.63) is 23.1 Å². The van der Waals surface area contributed by atoms with E-state index in [1.165, 1.54) is 17.2 Å². The Kier molecular flexibility index (Phi) is 3.31. The number of nitrogens with two attached hydrogens (primary N) is 1. The third-order valence-corrected chi connectivity index (χ3v) is 3.36. The molecule has 0 amide bonds. The molecule has 0 saturated carbocycles. The van der Waals surface area contributed by atoms with Gasteiger partial charge in [0.15, 0.2) is 17.7 Å². The molecule has 0 radical (unpaired) electrons. The van der Waals surface area contributed by atoms with Crippen LogP contribution >= 0.6 is 0 Å². The van der Waals surface area contributed by atoms with Crippen molar-refractivity contribution in [3.63, 3.8) is 0 Å². The highest BCUT2D eigenvalue weighted by Crippen LogP contribution is 2.33. The van der Waals surface area contributed by atoms with Crippen LogP contribution < -0.4 is 5.73 Å². The van der Waals surface area contributed by atoms with Gasteiger partial charge in [0.1, 0.15) is 17.9 Å². The molecular formula is C10H12N8O3. The van der Waals surface area contributed by atoms with Gasteiger partial charge >= 0.3 is 0 Å². The summed E-state index contributed by atoms with van der Waals surface area (Å²) in [4.78, 5) is 14.6. The standard InChI is InChI=1S/C10H12N8O3/c11-8-6-9(14-2-13-8)18(3-15-6)10-7(20)5(16-17-12)4(1-19)21-10/h2-5,7,10,19-20H,1H2,(H2,11,13,14)/t4-,5-,7?,10-/m1/s1. The first-order chi connectivity index (χ1) is 10.2. The molecule has 3 heterocycles. The second-order valence-corrected chi connectivity index (χ2v) is 4.52. The van der Waals surface area contributed by atoms with Gasteiger partial charge in [-0.15, -0.1) is 0 Å². The fourth-order valence-electron chi connectivity index (χ4n) is 2.37. The van der Waals surface area contributed by atoms with Crippen molar-refractivity contribution < 1.29 is 14.9 Å². The summed E-state index contributed by atoms with van der Waals surface area (Å²) in [5, 5.41) is 23.0. The number of hydrogen-bond acceptors (Lipinski definition) is 8. The van der Waals surface area contributed by atoms with Gasteiger partial charge in [0.2, 0.25) is 0 Å². The Morgan fingerprint density at radius 1 is 1.48 bits per heavy atom. The number of azide groups is 1. The minimum Gasteiger partial charge on any atom is -0.394 e. The first kappa shape index (κ1) is 13.5. The molecule has 4 atom stereocenters. The van der Waals surface area contributed by atoms with E-state index in [1.54, 1.807) is 0 Å². The summed E-state index contributed by atoms with van der Waals surface area (Å²) in [5.74, 6) is 0.205. The molecule has 11 nitrogen and oxygen atoms in total. The number of aromatic nitrogens is 4. The average molecular weight is 292 g/mol. The first-order valence-electron chi connectivity index (χ1n) is 6.09. The predicted molar refractivity (Wildman–Crippen MR) is 69.7 cm³/mol. The average Bonchev–Trinajstić information content (AvgIpc) is 3.03. The zero-order valence-electron chi connectivity index (χ0n) is 10.7. The van der Waals surface area contributed by atoms with E-state index in [-0.39, 0.29) is 12.4 Å².